The molecule has 0 N–H and O–H groups in total. The second-order valence-corrected chi connectivity index (χ2v) is 14.5. The molecule has 0 saturated heterocycles. The molecule has 8 aromatic rings. The Morgan fingerprint density at radius 1 is 0.340 bits per heavy atom. The molecule has 0 aliphatic heterocycles. The van der Waals surface area contributed by atoms with Crippen molar-refractivity contribution in [2.45, 2.75) is 38.5 Å². The number of aromatic nitrogens is 3. The molecule has 0 fully saturated rings. The minimum absolute atomic E-state index is 0.0801. The molecule has 1 aliphatic rings. The summed E-state index contributed by atoms with van der Waals surface area (Å²) in [5.74, 6) is 1.99. The lowest BCUT2D eigenvalue weighted by Gasteiger charge is -2.48. The number of hydrogen-bond donors (Lipinski definition) is 0. The molecule has 50 heavy (non-hydrogen) atoms. The van der Waals surface area contributed by atoms with Crippen LogP contribution in [0.25, 0.3) is 78.0 Å². The van der Waals surface area contributed by atoms with E-state index in [2.05, 4.69) is 119 Å². The fourth-order valence-corrected chi connectivity index (χ4v) is 7.69. The zero-order valence-electron chi connectivity index (χ0n) is 28.8. The third kappa shape index (κ3) is 4.76. The Morgan fingerprint density at radius 3 is 1.44 bits per heavy atom. The van der Waals surface area contributed by atoms with Gasteiger partial charge in [-0.15, -0.1) is 0 Å². The number of benzene rings is 7. The molecule has 3 heteroatoms. The van der Waals surface area contributed by atoms with Crippen LogP contribution in [0.2, 0.25) is 0 Å². The summed E-state index contributed by atoms with van der Waals surface area (Å²) in [6.45, 7) is 9.62. The highest BCUT2D eigenvalue weighted by Crippen LogP contribution is 2.55. The van der Waals surface area contributed by atoms with Crippen molar-refractivity contribution in [2.24, 2.45) is 0 Å². The normalized spacial score (nSPS) is 14.3. The topological polar surface area (TPSA) is 38.7 Å². The highest BCUT2D eigenvalue weighted by Gasteiger charge is 2.46. The Labute approximate surface area is 293 Å². The van der Waals surface area contributed by atoms with Crippen LogP contribution in [0.5, 0.6) is 0 Å². The Bertz CT molecular complexity index is 2510. The van der Waals surface area contributed by atoms with Gasteiger partial charge in [-0.05, 0) is 84.0 Å². The molecule has 1 aromatic heterocycles. The van der Waals surface area contributed by atoms with Crippen molar-refractivity contribution in [1.82, 2.24) is 15.0 Å². The Balaban J connectivity index is 1.14. The van der Waals surface area contributed by atoms with E-state index in [1.54, 1.807) is 0 Å². The fourth-order valence-electron chi connectivity index (χ4n) is 7.69. The predicted molar refractivity (Wildman–Crippen MR) is 208 cm³/mol. The van der Waals surface area contributed by atoms with Crippen molar-refractivity contribution >= 4 is 21.5 Å². The summed E-state index contributed by atoms with van der Waals surface area (Å²) in [5.41, 5.74) is 10.6. The van der Waals surface area contributed by atoms with Gasteiger partial charge in [0.05, 0.1) is 0 Å². The van der Waals surface area contributed by atoms with E-state index in [9.17, 15) is 0 Å². The summed E-state index contributed by atoms with van der Waals surface area (Å²) in [4.78, 5) is 14.7. The molecule has 0 spiro atoms. The summed E-state index contributed by atoms with van der Waals surface area (Å²) in [6, 6.07) is 54.1. The van der Waals surface area contributed by atoms with Gasteiger partial charge in [0, 0.05) is 16.7 Å². The van der Waals surface area contributed by atoms with Crippen molar-refractivity contribution in [1.29, 1.82) is 0 Å². The first kappa shape index (κ1) is 30.2. The van der Waals surface area contributed by atoms with E-state index in [-0.39, 0.29) is 10.8 Å². The summed E-state index contributed by atoms with van der Waals surface area (Å²) >= 11 is 0. The molecule has 240 valence electrons. The van der Waals surface area contributed by atoms with Gasteiger partial charge in [0.25, 0.3) is 0 Å². The average molecular weight is 644 g/mol. The van der Waals surface area contributed by atoms with Crippen LogP contribution in [0.1, 0.15) is 38.8 Å². The van der Waals surface area contributed by atoms with Crippen LogP contribution in [-0.4, -0.2) is 15.0 Å². The maximum atomic E-state index is 4.93. The van der Waals surface area contributed by atoms with Crippen molar-refractivity contribution in [2.75, 3.05) is 0 Å². The summed E-state index contributed by atoms with van der Waals surface area (Å²) in [5, 5.41) is 5.20. The fraction of sp³-hybridized carbons (Fsp3) is 0.128. The van der Waals surface area contributed by atoms with E-state index < -0.39 is 0 Å². The first-order chi connectivity index (χ1) is 24.3. The molecule has 7 aromatic carbocycles. The van der Waals surface area contributed by atoms with Crippen LogP contribution in [0.3, 0.4) is 0 Å². The maximum absolute atomic E-state index is 4.93. The molecule has 0 radical (unpaired) electrons. The largest absolute Gasteiger partial charge is 0.208 e. The smallest absolute Gasteiger partial charge is 0.164 e. The molecule has 0 amide bonds. The zero-order chi connectivity index (χ0) is 34.0. The minimum atomic E-state index is -0.0949. The molecular weight excluding hydrogens is 607 g/mol. The number of rotatable bonds is 4. The van der Waals surface area contributed by atoms with Gasteiger partial charge < -0.3 is 0 Å². The molecular formula is C47H37N3. The van der Waals surface area contributed by atoms with Crippen molar-refractivity contribution < 1.29 is 0 Å². The summed E-state index contributed by atoms with van der Waals surface area (Å²) < 4.78 is 0. The number of nitrogens with zero attached hydrogens (tertiary/aromatic N) is 3. The van der Waals surface area contributed by atoms with E-state index in [0.29, 0.717) is 17.5 Å². The van der Waals surface area contributed by atoms with Gasteiger partial charge in [0.1, 0.15) is 0 Å². The minimum Gasteiger partial charge on any atom is -0.208 e. The van der Waals surface area contributed by atoms with Crippen molar-refractivity contribution in [3.05, 3.63) is 163 Å². The van der Waals surface area contributed by atoms with Gasteiger partial charge in [0.15, 0.2) is 17.5 Å². The predicted octanol–water partition coefficient (Wildman–Crippen LogP) is 12.1. The van der Waals surface area contributed by atoms with Gasteiger partial charge in [-0.1, -0.05) is 161 Å². The molecule has 9 rings (SSSR count). The van der Waals surface area contributed by atoms with E-state index in [1.165, 1.54) is 54.9 Å². The summed E-state index contributed by atoms with van der Waals surface area (Å²) in [7, 11) is 0. The molecule has 3 nitrogen and oxygen atoms in total. The lowest BCUT2D eigenvalue weighted by molar-refractivity contribution is 0.299. The van der Waals surface area contributed by atoms with E-state index >= 15 is 0 Å². The van der Waals surface area contributed by atoms with Gasteiger partial charge in [-0.2, -0.15) is 0 Å². The lowest BCUT2D eigenvalue weighted by Crippen LogP contribution is -2.43. The van der Waals surface area contributed by atoms with Gasteiger partial charge in [-0.3, -0.25) is 0 Å². The lowest BCUT2D eigenvalue weighted by atomic mass is 9.55. The van der Waals surface area contributed by atoms with Gasteiger partial charge >= 0.3 is 0 Å². The molecule has 0 unspecified atom stereocenters. The second kappa shape index (κ2) is 11.3. The molecule has 0 atom stereocenters. The molecule has 1 aliphatic carbocycles. The van der Waals surface area contributed by atoms with E-state index in [0.717, 1.165) is 16.7 Å². The first-order valence-corrected chi connectivity index (χ1v) is 17.4. The maximum Gasteiger partial charge on any atom is 0.164 e. The highest BCUT2D eigenvalue weighted by atomic mass is 15.0. The third-order valence-corrected chi connectivity index (χ3v) is 11.3. The van der Waals surface area contributed by atoms with Crippen LogP contribution in [-0.2, 0) is 10.8 Å². The second-order valence-electron chi connectivity index (χ2n) is 14.5. The van der Waals surface area contributed by atoms with E-state index in [4.69, 9.17) is 15.0 Å². The van der Waals surface area contributed by atoms with Gasteiger partial charge in [0.2, 0.25) is 0 Å². The Morgan fingerprint density at radius 2 is 0.820 bits per heavy atom. The molecule has 0 saturated carbocycles. The molecule has 0 bridgehead atoms. The van der Waals surface area contributed by atoms with Gasteiger partial charge in [-0.25, -0.2) is 15.0 Å². The zero-order valence-corrected chi connectivity index (χ0v) is 28.8. The van der Waals surface area contributed by atoms with E-state index in [1.807, 2.05) is 60.7 Å². The monoisotopic (exact) mass is 643 g/mol. The first-order valence-electron chi connectivity index (χ1n) is 17.4. The number of hydrogen-bond acceptors (Lipinski definition) is 3. The van der Waals surface area contributed by atoms with Crippen molar-refractivity contribution in [3.8, 4) is 56.4 Å². The third-order valence-electron chi connectivity index (χ3n) is 11.3. The standard InChI is InChI=1S/C47H37N3/c1-46(2)41-27-35(25-26-38(41)40-29-39-36(28-42(40)47(46,3)4)24-21-31-13-11-12-18-37(31)39)30-19-22-34(23-20-30)45-49-43(32-14-7-5-8-15-32)48-44(50-45)33-16-9-6-10-17-33/h5-29H,1-4H3. The SMILES string of the molecule is CC1(C)c2cc(-c3ccc(-c4nc(-c5ccccc5)nc(-c5ccccc5)n4)cc3)ccc2-c2cc3c(ccc4ccccc43)cc2C1(C)C. The Hall–Kier alpha value is -5.93. The quantitative estimate of drug-likeness (QED) is 0.179. The van der Waals surface area contributed by atoms with Crippen molar-refractivity contribution in [3.63, 3.8) is 0 Å². The number of fused-ring (bicyclic) bond motifs is 6. The van der Waals surface area contributed by atoms with Crippen LogP contribution in [0, 0.1) is 0 Å². The molecule has 1 heterocycles. The van der Waals surface area contributed by atoms with Crippen LogP contribution in [0.4, 0.5) is 0 Å². The average Bonchev–Trinajstić information content (AvgIpc) is 3.17. The van der Waals surface area contributed by atoms with Crippen LogP contribution >= 0.6 is 0 Å². The van der Waals surface area contributed by atoms with Crippen LogP contribution < -0.4 is 0 Å². The Kier molecular flexibility index (Phi) is 6.82. The van der Waals surface area contributed by atoms with Crippen LogP contribution in [0.15, 0.2) is 152 Å². The summed E-state index contributed by atoms with van der Waals surface area (Å²) in [6.07, 6.45) is 0. The highest BCUT2D eigenvalue weighted by molar-refractivity contribution is 6.09.